The molecule has 1 aliphatic carbocycles. The predicted octanol–water partition coefficient (Wildman–Crippen LogP) is 2.91. The number of amides is 2. The average molecular weight is 545 g/mol. The van der Waals surface area contributed by atoms with Gasteiger partial charge in [0.15, 0.2) is 5.82 Å². The molecule has 3 aliphatic rings. The Labute approximate surface area is 232 Å². The third-order valence-corrected chi connectivity index (χ3v) is 8.74. The van der Waals surface area contributed by atoms with Gasteiger partial charge in [-0.3, -0.25) is 19.5 Å². The first-order valence-electron chi connectivity index (χ1n) is 14.0. The number of nitrogens with one attached hydrogen (secondary N) is 1. The molecule has 2 N–H and O–H groups in total. The zero-order valence-corrected chi connectivity index (χ0v) is 22.2. The molecule has 0 spiro atoms. The summed E-state index contributed by atoms with van der Waals surface area (Å²) < 4.78 is 13.4. The Balaban J connectivity index is 1.02. The third kappa shape index (κ3) is 5.21. The van der Waals surface area contributed by atoms with E-state index in [1.807, 2.05) is 17.0 Å². The second kappa shape index (κ2) is 11.0. The Bertz CT molecular complexity index is 1360. The number of aromatic nitrogens is 3. The van der Waals surface area contributed by atoms with Gasteiger partial charge in [-0.2, -0.15) is 0 Å². The maximum atomic E-state index is 13.4. The number of carbonyl (C=O) groups is 2. The number of likely N-dealkylation sites (tertiary alicyclic amines) is 2. The number of pyridine rings is 1. The number of fused-ring (bicyclic) bond motifs is 1. The topological polar surface area (TPSA) is 112 Å². The van der Waals surface area contributed by atoms with Crippen molar-refractivity contribution >= 4 is 11.8 Å². The Morgan fingerprint density at radius 3 is 2.48 bits per heavy atom. The van der Waals surface area contributed by atoms with Gasteiger partial charge in [-0.15, -0.1) is 0 Å². The molecular formula is C30H33FN6O3. The van der Waals surface area contributed by atoms with Gasteiger partial charge in [-0.05, 0) is 74.9 Å². The molecule has 2 amide bonds. The van der Waals surface area contributed by atoms with Gasteiger partial charge in [0, 0.05) is 60.9 Å². The highest BCUT2D eigenvalue weighted by Gasteiger charge is 2.48. The van der Waals surface area contributed by atoms with Crippen molar-refractivity contribution in [2.24, 2.45) is 0 Å². The average Bonchev–Trinajstić information content (AvgIpc) is 3.60. The maximum absolute atomic E-state index is 13.4. The fraction of sp³-hybridized carbons (Fsp3) is 0.433. The lowest BCUT2D eigenvalue weighted by atomic mass is 9.79. The first kappa shape index (κ1) is 26.5. The lowest BCUT2D eigenvalue weighted by Gasteiger charge is -2.41. The standard InChI is InChI=1S/C30H33FN6O3/c31-22-4-1-3-20(17-22)29(39)35-19-27(38)37-16-10-24-25(37)9-15-36(24)23-7-11-30(40,12-8-23)26-6-5-21(18-34-26)28-32-13-2-14-33-28/h1-6,13-14,17-18,23-25,40H,7-12,15-16,19H2,(H,35,39)/t23?,24-,25-,30?/m1/s1. The minimum atomic E-state index is -0.955. The fourth-order valence-electron chi connectivity index (χ4n) is 6.69. The normalized spacial score (nSPS) is 26.4. The summed E-state index contributed by atoms with van der Waals surface area (Å²) in [6.07, 6.45) is 9.92. The van der Waals surface area contributed by atoms with E-state index >= 15 is 0 Å². The summed E-state index contributed by atoms with van der Waals surface area (Å²) in [5, 5.41) is 14.1. The van der Waals surface area contributed by atoms with Crippen LogP contribution in [0.3, 0.4) is 0 Å². The number of rotatable bonds is 6. The van der Waals surface area contributed by atoms with Gasteiger partial charge in [0.05, 0.1) is 12.2 Å². The lowest BCUT2D eigenvalue weighted by molar-refractivity contribution is -0.130. The molecule has 0 unspecified atom stereocenters. The maximum Gasteiger partial charge on any atom is 0.251 e. The fourth-order valence-corrected chi connectivity index (χ4v) is 6.69. The minimum Gasteiger partial charge on any atom is -0.384 e. The molecule has 9 nitrogen and oxygen atoms in total. The molecule has 1 aromatic carbocycles. The summed E-state index contributed by atoms with van der Waals surface area (Å²) in [6, 6.07) is 11.8. The molecule has 2 saturated heterocycles. The number of hydrogen-bond acceptors (Lipinski definition) is 7. The van der Waals surface area contributed by atoms with E-state index in [1.165, 1.54) is 18.2 Å². The Morgan fingerprint density at radius 1 is 0.975 bits per heavy atom. The van der Waals surface area contributed by atoms with Crippen molar-refractivity contribution in [3.63, 3.8) is 0 Å². The summed E-state index contributed by atoms with van der Waals surface area (Å²) in [7, 11) is 0. The highest BCUT2D eigenvalue weighted by atomic mass is 19.1. The van der Waals surface area contributed by atoms with Crippen LogP contribution in [0.15, 0.2) is 61.1 Å². The largest absolute Gasteiger partial charge is 0.384 e. The summed E-state index contributed by atoms with van der Waals surface area (Å²) in [5.74, 6) is -0.434. The molecule has 208 valence electrons. The van der Waals surface area contributed by atoms with Gasteiger partial charge < -0.3 is 15.3 Å². The molecular weight excluding hydrogens is 511 g/mol. The van der Waals surface area contributed by atoms with E-state index < -0.39 is 17.3 Å². The second-order valence-corrected chi connectivity index (χ2v) is 11.0. The van der Waals surface area contributed by atoms with Crippen LogP contribution in [0, 0.1) is 5.82 Å². The molecule has 10 heteroatoms. The third-order valence-electron chi connectivity index (χ3n) is 8.74. The van der Waals surface area contributed by atoms with Crippen LogP contribution in [-0.2, 0) is 10.4 Å². The Morgan fingerprint density at radius 2 is 1.75 bits per heavy atom. The zero-order valence-electron chi connectivity index (χ0n) is 22.2. The highest BCUT2D eigenvalue weighted by molar-refractivity contribution is 5.96. The van der Waals surface area contributed by atoms with E-state index in [0.717, 1.165) is 43.9 Å². The molecule has 6 rings (SSSR count). The van der Waals surface area contributed by atoms with Crippen molar-refractivity contribution in [1.29, 1.82) is 0 Å². The van der Waals surface area contributed by atoms with Crippen LogP contribution in [-0.4, -0.2) is 79.4 Å². The zero-order chi connectivity index (χ0) is 27.7. The molecule has 3 aromatic rings. The van der Waals surface area contributed by atoms with Crippen LogP contribution >= 0.6 is 0 Å². The van der Waals surface area contributed by atoms with Gasteiger partial charge in [0.2, 0.25) is 5.91 Å². The van der Waals surface area contributed by atoms with Crippen LogP contribution in [0.4, 0.5) is 4.39 Å². The molecule has 1 saturated carbocycles. The Kier molecular flexibility index (Phi) is 7.29. The second-order valence-electron chi connectivity index (χ2n) is 11.0. The van der Waals surface area contributed by atoms with Crippen molar-refractivity contribution in [3.05, 3.63) is 78.1 Å². The van der Waals surface area contributed by atoms with E-state index in [0.29, 0.717) is 43.0 Å². The number of nitrogens with zero attached hydrogens (tertiary/aromatic N) is 5. The van der Waals surface area contributed by atoms with Crippen LogP contribution < -0.4 is 5.32 Å². The van der Waals surface area contributed by atoms with Crippen LogP contribution in [0.1, 0.15) is 54.6 Å². The molecule has 3 fully saturated rings. The SMILES string of the molecule is O=C(NCC(=O)N1CC[C@@H]2[C@H]1CCN2C1CCC(O)(c2ccc(-c3ncccn3)cn2)CC1)c1cccc(F)c1. The van der Waals surface area contributed by atoms with Crippen molar-refractivity contribution < 1.29 is 19.1 Å². The molecule has 40 heavy (non-hydrogen) atoms. The summed E-state index contributed by atoms with van der Waals surface area (Å²) in [4.78, 5) is 42.9. The lowest BCUT2D eigenvalue weighted by Crippen LogP contribution is -2.47. The van der Waals surface area contributed by atoms with Gasteiger partial charge in [-0.1, -0.05) is 6.07 Å². The van der Waals surface area contributed by atoms with Crippen LogP contribution in [0.5, 0.6) is 0 Å². The first-order chi connectivity index (χ1) is 19.4. The molecule has 4 heterocycles. The quantitative estimate of drug-likeness (QED) is 0.491. The number of halogens is 1. The van der Waals surface area contributed by atoms with E-state index in [2.05, 4.69) is 25.2 Å². The van der Waals surface area contributed by atoms with E-state index in [-0.39, 0.29) is 24.1 Å². The van der Waals surface area contributed by atoms with Crippen molar-refractivity contribution in [2.75, 3.05) is 19.6 Å². The molecule has 2 aliphatic heterocycles. The van der Waals surface area contributed by atoms with Crippen LogP contribution in [0.25, 0.3) is 11.4 Å². The molecule has 0 radical (unpaired) electrons. The van der Waals surface area contributed by atoms with Crippen molar-refractivity contribution in [3.8, 4) is 11.4 Å². The van der Waals surface area contributed by atoms with Crippen molar-refractivity contribution in [1.82, 2.24) is 30.1 Å². The Hall–Kier alpha value is -3.76. The summed E-state index contributed by atoms with van der Waals surface area (Å²) >= 11 is 0. The van der Waals surface area contributed by atoms with E-state index in [4.69, 9.17) is 0 Å². The number of benzene rings is 1. The van der Waals surface area contributed by atoms with Gasteiger partial charge >= 0.3 is 0 Å². The van der Waals surface area contributed by atoms with Gasteiger partial charge in [-0.25, -0.2) is 14.4 Å². The number of aliphatic hydroxyl groups is 1. The molecule has 0 bridgehead atoms. The number of hydrogen-bond donors (Lipinski definition) is 2. The first-order valence-corrected chi connectivity index (χ1v) is 14.0. The summed E-state index contributed by atoms with van der Waals surface area (Å²) in [6.45, 7) is 1.48. The highest BCUT2D eigenvalue weighted by Crippen LogP contribution is 2.42. The molecule has 2 atom stereocenters. The van der Waals surface area contributed by atoms with Gasteiger partial charge in [0.1, 0.15) is 11.4 Å². The van der Waals surface area contributed by atoms with Gasteiger partial charge in [0.25, 0.3) is 5.91 Å². The summed E-state index contributed by atoms with van der Waals surface area (Å²) in [5.41, 5.74) is 0.748. The van der Waals surface area contributed by atoms with E-state index in [1.54, 1.807) is 24.7 Å². The van der Waals surface area contributed by atoms with Crippen LogP contribution in [0.2, 0.25) is 0 Å². The minimum absolute atomic E-state index is 0.1000. The number of carbonyl (C=O) groups excluding carboxylic acids is 2. The van der Waals surface area contributed by atoms with E-state index in [9.17, 15) is 19.1 Å². The predicted molar refractivity (Wildman–Crippen MR) is 145 cm³/mol. The van der Waals surface area contributed by atoms with Crippen molar-refractivity contribution in [2.45, 2.75) is 62.3 Å². The monoisotopic (exact) mass is 544 g/mol. The smallest absolute Gasteiger partial charge is 0.251 e. The molecule has 2 aromatic heterocycles.